The van der Waals surface area contributed by atoms with E-state index in [1.165, 1.54) is 0 Å². The molecule has 58 heavy (non-hydrogen) atoms. The Morgan fingerprint density at radius 3 is 1.78 bits per heavy atom. The van der Waals surface area contributed by atoms with Crippen LogP contribution in [0.5, 0.6) is 0 Å². The van der Waals surface area contributed by atoms with Crippen LogP contribution in [0.15, 0.2) is 217 Å². The van der Waals surface area contributed by atoms with Crippen molar-refractivity contribution in [3.05, 3.63) is 218 Å². The summed E-state index contributed by atoms with van der Waals surface area (Å²) in [7, 11) is 0. The lowest BCUT2D eigenvalue weighted by atomic mass is 9.99. The van der Waals surface area contributed by atoms with E-state index in [0.717, 1.165) is 99.9 Å². The maximum Gasteiger partial charge on any atom is 0.135 e. The fraction of sp³-hybridized carbons (Fsp3) is 0. The van der Waals surface area contributed by atoms with Crippen molar-refractivity contribution in [3.8, 4) is 39.1 Å². The molecule has 2 heterocycles. The maximum atomic E-state index is 14.8. The molecular formula is C54H35FN2O. The van der Waals surface area contributed by atoms with Gasteiger partial charge in [0.2, 0.25) is 0 Å². The highest BCUT2D eigenvalue weighted by Gasteiger charge is 2.20. The first kappa shape index (κ1) is 33.6. The fourth-order valence-corrected chi connectivity index (χ4v) is 8.57. The van der Waals surface area contributed by atoms with Crippen LogP contribution >= 0.6 is 0 Å². The van der Waals surface area contributed by atoms with Crippen molar-refractivity contribution in [3.63, 3.8) is 0 Å². The van der Waals surface area contributed by atoms with Crippen molar-refractivity contribution >= 4 is 60.8 Å². The van der Waals surface area contributed by atoms with Crippen LogP contribution < -0.4 is 4.90 Å². The molecule has 0 radical (unpaired) electrons. The van der Waals surface area contributed by atoms with Crippen molar-refractivity contribution in [1.29, 1.82) is 0 Å². The van der Waals surface area contributed by atoms with E-state index in [9.17, 15) is 4.39 Å². The van der Waals surface area contributed by atoms with E-state index in [1.807, 2.05) is 30.3 Å². The summed E-state index contributed by atoms with van der Waals surface area (Å²) in [5, 5.41) is 4.35. The number of halogens is 1. The summed E-state index contributed by atoms with van der Waals surface area (Å²) in [6, 6.07) is 73.1. The monoisotopic (exact) mass is 746 g/mol. The van der Waals surface area contributed by atoms with Gasteiger partial charge in [-0.3, -0.25) is 0 Å². The molecule has 0 atom stereocenters. The highest BCUT2D eigenvalue weighted by molar-refractivity contribution is 6.10. The summed E-state index contributed by atoms with van der Waals surface area (Å²) in [5.41, 5.74) is 14.5. The highest BCUT2D eigenvalue weighted by atomic mass is 19.1. The molecule has 4 heteroatoms. The number of aromatic nitrogens is 1. The molecule has 274 valence electrons. The molecule has 0 aliphatic heterocycles. The molecule has 11 rings (SSSR count). The predicted molar refractivity (Wildman–Crippen MR) is 239 cm³/mol. The minimum absolute atomic E-state index is 0.255. The van der Waals surface area contributed by atoms with Gasteiger partial charge in [-0.25, -0.2) is 4.39 Å². The first-order valence-electron chi connectivity index (χ1n) is 19.5. The SMILES string of the molecule is Fc1ccc2c3ccccc3n(-c3ccccc3-c3ccc(N(c4ccc(-c5ccc6oc7ccccc7c6c5)cc4)c4ccccc4-c4ccccc4)cc3)c2c1. The van der Waals surface area contributed by atoms with Crippen LogP contribution in [0.2, 0.25) is 0 Å². The van der Waals surface area contributed by atoms with Gasteiger partial charge in [-0.05, 0) is 101 Å². The van der Waals surface area contributed by atoms with Gasteiger partial charge in [0.1, 0.15) is 17.0 Å². The van der Waals surface area contributed by atoms with Gasteiger partial charge < -0.3 is 13.9 Å². The van der Waals surface area contributed by atoms with Gasteiger partial charge in [-0.2, -0.15) is 0 Å². The predicted octanol–water partition coefficient (Wildman–Crippen LogP) is 15.3. The largest absolute Gasteiger partial charge is 0.456 e. The van der Waals surface area contributed by atoms with Gasteiger partial charge in [0.15, 0.2) is 0 Å². The topological polar surface area (TPSA) is 21.3 Å². The van der Waals surface area contributed by atoms with Gasteiger partial charge in [-0.1, -0.05) is 133 Å². The van der Waals surface area contributed by atoms with Crippen molar-refractivity contribution in [2.45, 2.75) is 0 Å². The summed E-state index contributed by atoms with van der Waals surface area (Å²) in [4.78, 5) is 2.34. The van der Waals surface area contributed by atoms with E-state index in [0.29, 0.717) is 0 Å². The fourth-order valence-electron chi connectivity index (χ4n) is 8.57. The Bertz CT molecular complexity index is 3290. The Morgan fingerprint density at radius 1 is 0.379 bits per heavy atom. The van der Waals surface area contributed by atoms with Crippen LogP contribution in [-0.4, -0.2) is 4.57 Å². The van der Waals surface area contributed by atoms with Crippen molar-refractivity contribution in [2.75, 3.05) is 4.90 Å². The lowest BCUT2D eigenvalue weighted by Gasteiger charge is -2.28. The first-order valence-corrected chi connectivity index (χ1v) is 19.5. The van der Waals surface area contributed by atoms with Crippen molar-refractivity contribution in [2.24, 2.45) is 0 Å². The number of nitrogens with zero attached hydrogens (tertiary/aromatic N) is 2. The molecule has 0 unspecified atom stereocenters. The zero-order chi connectivity index (χ0) is 38.6. The number of rotatable bonds is 7. The summed E-state index contributed by atoms with van der Waals surface area (Å²) < 4.78 is 23.1. The van der Waals surface area contributed by atoms with Crippen LogP contribution in [0.3, 0.4) is 0 Å². The average molecular weight is 747 g/mol. The molecule has 0 amide bonds. The molecule has 0 aliphatic rings. The third kappa shape index (κ3) is 5.65. The molecule has 0 N–H and O–H groups in total. The van der Waals surface area contributed by atoms with E-state index in [4.69, 9.17) is 4.42 Å². The average Bonchev–Trinajstić information content (AvgIpc) is 3.82. The van der Waals surface area contributed by atoms with E-state index < -0.39 is 0 Å². The van der Waals surface area contributed by atoms with Crippen molar-refractivity contribution < 1.29 is 8.81 Å². The van der Waals surface area contributed by atoms with Crippen molar-refractivity contribution in [1.82, 2.24) is 4.57 Å². The van der Waals surface area contributed by atoms with Crippen LogP contribution in [0.25, 0.3) is 82.8 Å². The molecule has 0 fully saturated rings. The van der Waals surface area contributed by atoms with E-state index in [-0.39, 0.29) is 5.82 Å². The van der Waals surface area contributed by atoms with E-state index in [2.05, 4.69) is 179 Å². The quantitative estimate of drug-likeness (QED) is 0.162. The number of benzene rings is 9. The van der Waals surface area contributed by atoms with Gasteiger partial charge in [0.25, 0.3) is 0 Å². The molecule has 0 spiro atoms. The normalized spacial score (nSPS) is 11.5. The number of fused-ring (bicyclic) bond motifs is 6. The second-order valence-corrected chi connectivity index (χ2v) is 14.7. The van der Waals surface area contributed by atoms with Crippen LogP contribution in [0.1, 0.15) is 0 Å². The number of anilines is 3. The van der Waals surface area contributed by atoms with E-state index in [1.54, 1.807) is 12.1 Å². The van der Waals surface area contributed by atoms with Crippen LogP contribution in [-0.2, 0) is 0 Å². The molecule has 0 saturated carbocycles. The number of para-hydroxylation sites is 4. The third-order valence-electron chi connectivity index (χ3n) is 11.3. The molecule has 0 aliphatic carbocycles. The molecule has 11 aromatic rings. The lowest BCUT2D eigenvalue weighted by molar-refractivity contribution is 0.629. The zero-order valence-corrected chi connectivity index (χ0v) is 31.4. The molecule has 0 saturated heterocycles. The van der Waals surface area contributed by atoms with Crippen LogP contribution in [0, 0.1) is 5.82 Å². The summed E-state index contributed by atoms with van der Waals surface area (Å²) in [5.74, 6) is -0.255. The third-order valence-corrected chi connectivity index (χ3v) is 11.3. The minimum atomic E-state index is -0.255. The summed E-state index contributed by atoms with van der Waals surface area (Å²) >= 11 is 0. The molecule has 3 nitrogen and oxygen atoms in total. The second kappa shape index (κ2) is 13.8. The smallest absolute Gasteiger partial charge is 0.135 e. The Balaban J connectivity index is 1.02. The first-order chi connectivity index (χ1) is 28.7. The molecule has 0 bridgehead atoms. The Hall–Kier alpha value is -7.69. The van der Waals surface area contributed by atoms with Crippen LogP contribution in [0.4, 0.5) is 21.5 Å². The highest BCUT2D eigenvalue weighted by Crippen LogP contribution is 2.43. The lowest BCUT2D eigenvalue weighted by Crippen LogP contribution is -2.11. The minimum Gasteiger partial charge on any atom is -0.456 e. The maximum absolute atomic E-state index is 14.8. The zero-order valence-electron chi connectivity index (χ0n) is 31.4. The molecule has 9 aromatic carbocycles. The Morgan fingerprint density at radius 2 is 0.966 bits per heavy atom. The second-order valence-electron chi connectivity index (χ2n) is 14.7. The van der Waals surface area contributed by atoms with Gasteiger partial charge >= 0.3 is 0 Å². The Kier molecular flexibility index (Phi) is 8.00. The van der Waals surface area contributed by atoms with E-state index >= 15 is 0 Å². The Labute approximate surface area is 335 Å². The molecular weight excluding hydrogens is 712 g/mol. The summed E-state index contributed by atoms with van der Waals surface area (Å²) in [6.45, 7) is 0. The number of hydrogen-bond donors (Lipinski definition) is 0. The number of hydrogen-bond acceptors (Lipinski definition) is 2. The standard InChI is InChI=1S/C54H35FN2O/c55-40-27-32-46-45-16-6-10-20-51(45)57(52(46)35-40)50-19-9-5-15-44(50)38-24-30-42(31-25-38)56(49-18-8-4-14-43(49)37-12-2-1-3-13-37)41-28-22-36(23-29-41)39-26-33-54-48(34-39)47-17-7-11-21-53(47)58-54/h1-35H. The van der Waals surface area contributed by atoms with Gasteiger partial charge in [0, 0.05) is 44.0 Å². The summed E-state index contributed by atoms with van der Waals surface area (Å²) in [6.07, 6.45) is 0. The van der Waals surface area contributed by atoms with Gasteiger partial charge in [-0.15, -0.1) is 0 Å². The van der Waals surface area contributed by atoms with Gasteiger partial charge in [0.05, 0.1) is 22.4 Å². The molecule has 2 aromatic heterocycles. The number of furan rings is 1.